The summed E-state index contributed by atoms with van der Waals surface area (Å²) in [5, 5.41) is 3.35. The van der Waals surface area contributed by atoms with Crippen molar-refractivity contribution in [3.8, 4) is 0 Å². The van der Waals surface area contributed by atoms with Crippen molar-refractivity contribution in [3.63, 3.8) is 0 Å². The van der Waals surface area contributed by atoms with Gasteiger partial charge >= 0.3 is 0 Å². The normalized spacial score (nSPS) is 31.3. The summed E-state index contributed by atoms with van der Waals surface area (Å²) in [4.78, 5) is 0. The van der Waals surface area contributed by atoms with Gasteiger partial charge in [0.2, 0.25) is 0 Å². The second kappa shape index (κ2) is 3.40. The van der Waals surface area contributed by atoms with E-state index < -0.39 is 0 Å². The SMILES string of the molecule is CNC(C=C(C)C)C1CC1C. The van der Waals surface area contributed by atoms with Crippen molar-refractivity contribution in [1.29, 1.82) is 0 Å². The Kier molecular flexibility index (Phi) is 2.72. The average molecular weight is 153 g/mol. The quantitative estimate of drug-likeness (QED) is 0.613. The lowest BCUT2D eigenvalue weighted by molar-refractivity contribution is 0.564. The Morgan fingerprint density at radius 1 is 1.55 bits per heavy atom. The minimum Gasteiger partial charge on any atom is -0.313 e. The van der Waals surface area contributed by atoms with Crippen molar-refractivity contribution >= 4 is 0 Å². The number of likely N-dealkylation sites (N-methyl/N-ethyl adjacent to an activating group) is 1. The number of rotatable bonds is 3. The largest absolute Gasteiger partial charge is 0.313 e. The van der Waals surface area contributed by atoms with Crippen LogP contribution < -0.4 is 5.32 Å². The maximum atomic E-state index is 3.35. The molecule has 0 radical (unpaired) electrons. The van der Waals surface area contributed by atoms with E-state index in [9.17, 15) is 0 Å². The van der Waals surface area contributed by atoms with E-state index in [1.165, 1.54) is 12.0 Å². The molecule has 1 fully saturated rings. The van der Waals surface area contributed by atoms with Crippen LogP contribution in [0.15, 0.2) is 11.6 Å². The molecule has 1 saturated carbocycles. The number of nitrogens with one attached hydrogen (secondary N) is 1. The summed E-state index contributed by atoms with van der Waals surface area (Å²) in [6, 6.07) is 0.620. The molecule has 1 aliphatic rings. The number of hydrogen-bond acceptors (Lipinski definition) is 1. The van der Waals surface area contributed by atoms with E-state index in [0.29, 0.717) is 6.04 Å². The fraction of sp³-hybridized carbons (Fsp3) is 0.800. The van der Waals surface area contributed by atoms with Gasteiger partial charge in [-0.15, -0.1) is 0 Å². The van der Waals surface area contributed by atoms with Gasteiger partial charge in [0, 0.05) is 6.04 Å². The molecular weight excluding hydrogens is 134 g/mol. The van der Waals surface area contributed by atoms with Gasteiger partial charge in [0.05, 0.1) is 0 Å². The average Bonchev–Trinajstić information content (AvgIpc) is 2.61. The van der Waals surface area contributed by atoms with Crippen molar-refractivity contribution in [1.82, 2.24) is 5.32 Å². The number of allylic oxidation sites excluding steroid dienone is 1. The van der Waals surface area contributed by atoms with Gasteiger partial charge in [0.15, 0.2) is 0 Å². The highest BCUT2D eigenvalue weighted by atomic mass is 14.9. The number of hydrogen-bond donors (Lipinski definition) is 1. The molecule has 0 aliphatic heterocycles. The second-order valence-corrected chi connectivity index (χ2v) is 3.94. The lowest BCUT2D eigenvalue weighted by atomic mass is 10.1. The van der Waals surface area contributed by atoms with Crippen LogP contribution in [-0.4, -0.2) is 13.1 Å². The monoisotopic (exact) mass is 153 g/mol. The molecule has 1 nitrogen and oxygen atoms in total. The van der Waals surface area contributed by atoms with Crippen LogP contribution >= 0.6 is 0 Å². The van der Waals surface area contributed by atoms with E-state index in [4.69, 9.17) is 0 Å². The summed E-state index contributed by atoms with van der Waals surface area (Å²) in [6.07, 6.45) is 3.74. The van der Waals surface area contributed by atoms with Gasteiger partial charge in [0.1, 0.15) is 0 Å². The van der Waals surface area contributed by atoms with Gasteiger partial charge < -0.3 is 5.32 Å². The van der Waals surface area contributed by atoms with Crippen LogP contribution in [0.3, 0.4) is 0 Å². The first-order chi connectivity index (χ1) is 5.15. The fourth-order valence-electron chi connectivity index (χ4n) is 1.63. The summed E-state index contributed by atoms with van der Waals surface area (Å²) in [5.41, 5.74) is 1.42. The van der Waals surface area contributed by atoms with Gasteiger partial charge in [-0.3, -0.25) is 0 Å². The van der Waals surface area contributed by atoms with Crippen molar-refractivity contribution in [3.05, 3.63) is 11.6 Å². The van der Waals surface area contributed by atoms with Crippen LogP contribution in [-0.2, 0) is 0 Å². The lowest BCUT2D eigenvalue weighted by Gasteiger charge is -2.11. The lowest BCUT2D eigenvalue weighted by Crippen LogP contribution is -2.25. The van der Waals surface area contributed by atoms with Crippen LogP contribution in [0.4, 0.5) is 0 Å². The Balaban J connectivity index is 2.44. The molecule has 64 valence electrons. The Morgan fingerprint density at radius 2 is 2.09 bits per heavy atom. The van der Waals surface area contributed by atoms with E-state index in [-0.39, 0.29) is 0 Å². The highest BCUT2D eigenvalue weighted by molar-refractivity contribution is 5.07. The Labute approximate surface area is 69.9 Å². The molecule has 3 unspecified atom stereocenters. The molecule has 1 rings (SSSR count). The van der Waals surface area contributed by atoms with Gasteiger partial charge in [-0.2, -0.15) is 0 Å². The predicted molar refractivity (Wildman–Crippen MR) is 49.5 cm³/mol. The molecule has 0 spiro atoms. The summed E-state index contributed by atoms with van der Waals surface area (Å²) in [6.45, 7) is 6.66. The van der Waals surface area contributed by atoms with Gasteiger partial charge in [-0.25, -0.2) is 0 Å². The molecule has 1 heteroatoms. The summed E-state index contributed by atoms with van der Waals surface area (Å²) >= 11 is 0. The third kappa shape index (κ3) is 2.33. The maximum absolute atomic E-state index is 3.35. The Hall–Kier alpha value is -0.300. The topological polar surface area (TPSA) is 12.0 Å². The van der Waals surface area contributed by atoms with E-state index in [1.807, 2.05) is 0 Å². The zero-order valence-corrected chi connectivity index (χ0v) is 8.02. The molecule has 0 saturated heterocycles. The van der Waals surface area contributed by atoms with E-state index in [1.54, 1.807) is 0 Å². The molecule has 0 aromatic rings. The van der Waals surface area contributed by atoms with Gasteiger partial charge in [0.25, 0.3) is 0 Å². The fourth-order valence-corrected chi connectivity index (χ4v) is 1.63. The zero-order chi connectivity index (χ0) is 8.43. The second-order valence-electron chi connectivity index (χ2n) is 3.94. The first-order valence-electron chi connectivity index (χ1n) is 4.47. The summed E-state index contributed by atoms with van der Waals surface area (Å²) in [5.74, 6) is 1.83. The Morgan fingerprint density at radius 3 is 2.36 bits per heavy atom. The smallest absolute Gasteiger partial charge is 0.0280 e. The van der Waals surface area contributed by atoms with Crippen LogP contribution in [0, 0.1) is 11.8 Å². The van der Waals surface area contributed by atoms with Crippen molar-refractivity contribution < 1.29 is 0 Å². The summed E-state index contributed by atoms with van der Waals surface area (Å²) < 4.78 is 0. The van der Waals surface area contributed by atoms with Crippen LogP contribution in [0.25, 0.3) is 0 Å². The highest BCUT2D eigenvalue weighted by Crippen LogP contribution is 2.41. The van der Waals surface area contributed by atoms with E-state index >= 15 is 0 Å². The van der Waals surface area contributed by atoms with Crippen molar-refractivity contribution in [2.24, 2.45) is 11.8 Å². The first-order valence-corrected chi connectivity index (χ1v) is 4.47. The standard InChI is InChI=1S/C10H19N/c1-7(2)5-10(11-4)9-6-8(9)3/h5,8-11H,6H2,1-4H3. The Bertz CT molecular complexity index is 156. The van der Waals surface area contributed by atoms with E-state index in [2.05, 4.69) is 39.2 Å². The predicted octanol–water partition coefficient (Wildman–Crippen LogP) is 2.20. The molecule has 0 amide bonds. The summed E-state index contributed by atoms with van der Waals surface area (Å²) in [7, 11) is 2.05. The molecule has 1 N–H and O–H groups in total. The molecular formula is C10H19N. The van der Waals surface area contributed by atoms with E-state index in [0.717, 1.165) is 11.8 Å². The van der Waals surface area contributed by atoms with Crippen LogP contribution in [0.5, 0.6) is 0 Å². The molecule has 0 bridgehead atoms. The molecule has 0 heterocycles. The molecule has 1 aliphatic carbocycles. The molecule has 0 aromatic carbocycles. The van der Waals surface area contributed by atoms with Crippen molar-refractivity contribution in [2.45, 2.75) is 33.2 Å². The third-order valence-electron chi connectivity index (χ3n) is 2.48. The first kappa shape index (κ1) is 8.79. The molecule has 0 aromatic heterocycles. The third-order valence-corrected chi connectivity index (χ3v) is 2.48. The maximum Gasteiger partial charge on any atom is 0.0280 e. The van der Waals surface area contributed by atoms with Gasteiger partial charge in [-0.05, 0) is 39.2 Å². The van der Waals surface area contributed by atoms with Crippen molar-refractivity contribution in [2.75, 3.05) is 7.05 Å². The van der Waals surface area contributed by atoms with Gasteiger partial charge in [-0.1, -0.05) is 18.6 Å². The highest BCUT2D eigenvalue weighted by Gasteiger charge is 2.37. The minimum absolute atomic E-state index is 0.620. The molecule has 11 heavy (non-hydrogen) atoms. The molecule has 3 atom stereocenters. The van der Waals surface area contributed by atoms with Crippen LogP contribution in [0.2, 0.25) is 0 Å². The van der Waals surface area contributed by atoms with Crippen LogP contribution in [0.1, 0.15) is 27.2 Å². The minimum atomic E-state index is 0.620. The zero-order valence-electron chi connectivity index (χ0n) is 8.02.